The van der Waals surface area contributed by atoms with Crippen molar-refractivity contribution in [2.24, 2.45) is 17.8 Å². The molecule has 1 fully saturated rings. The van der Waals surface area contributed by atoms with E-state index in [9.17, 15) is 14.4 Å². The lowest BCUT2D eigenvalue weighted by molar-refractivity contribution is -0.0776. The van der Waals surface area contributed by atoms with Crippen molar-refractivity contribution < 1.29 is 42.8 Å². The molecule has 0 spiro atoms. The van der Waals surface area contributed by atoms with Gasteiger partial charge in [0.05, 0.1) is 19.8 Å². The summed E-state index contributed by atoms with van der Waals surface area (Å²) in [6.07, 6.45) is 8.65. The van der Waals surface area contributed by atoms with Gasteiger partial charge in [0.2, 0.25) is 0 Å². The van der Waals surface area contributed by atoms with E-state index in [0.29, 0.717) is 17.8 Å². The Balaban J connectivity index is 2.52. The van der Waals surface area contributed by atoms with Crippen LogP contribution in [0.25, 0.3) is 0 Å². The van der Waals surface area contributed by atoms with Crippen LogP contribution < -0.4 is 0 Å². The fourth-order valence-corrected chi connectivity index (χ4v) is 4.93. The first kappa shape index (κ1) is 37.8. The maximum atomic E-state index is 12.3. The van der Waals surface area contributed by atoms with Crippen LogP contribution in [0.3, 0.4) is 0 Å². The van der Waals surface area contributed by atoms with Crippen molar-refractivity contribution in [3.05, 3.63) is 0 Å². The molecule has 1 aliphatic carbocycles. The molecule has 0 aromatic carbocycles. The lowest BCUT2D eigenvalue weighted by Gasteiger charge is -2.33. The molecule has 42 heavy (non-hydrogen) atoms. The SMILES string of the molecule is CC(C)CCCCCOC(=O)OC1CC(OC(=O)OCCCCCC(C)C)CC(OC(=O)OCCCCCC(C)C)C1. The predicted octanol–water partition coefficient (Wildman–Crippen LogP) is 9.38. The van der Waals surface area contributed by atoms with Gasteiger partial charge in [-0.1, -0.05) is 99.3 Å². The second-order valence-corrected chi connectivity index (χ2v) is 13.0. The molecule has 0 aliphatic heterocycles. The Bertz CT molecular complexity index is 621. The van der Waals surface area contributed by atoms with Crippen molar-refractivity contribution in [3.63, 3.8) is 0 Å². The highest BCUT2D eigenvalue weighted by molar-refractivity contribution is 5.61. The molecule has 1 aliphatic rings. The molecule has 0 aromatic rings. The van der Waals surface area contributed by atoms with E-state index in [1.54, 1.807) is 0 Å². The highest BCUT2D eigenvalue weighted by Gasteiger charge is 2.36. The van der Waals surface area contributed by atoms with Crippen LogP contribution in [-0.4, -0.2) is 56.6 Å². The minimum absolute atomic E-state index is 0.276. The zero-order valence-corrected chi connectivity index (χ0v) is 27.4. The van der Waals surface area contributed by atoms with Gasteiger partial charge in [0, 0.05) is 19.3 Å². The van der Waals surface area contributed by atoms with Crippen molar-refractivity contribution in [2.75, 3.05) is 19.8 Å². The zero-order valence-electron chi connectivity index (χ0n) is 27.4. The molecule has 0 radical (unpaired) electrons. The Morgan fingerprint density at radius 2 is 0.714 bits per heavy atom. The Labute approximate surface area is 255 Å². The zero-order chi connectivity index (χ0) is 31.2. The lowest BCUT2D eigenvalue weighted by atomic mass is 9.92. The molecule has 9 nitrogen and oxygen atoms in total. The Morgan fingerprint density at radius 1 is 0.452 bits per heavy atom. The van der Waals surface area contributed by atoms with Gasteiger partial charge in [-0.2, -0.15) is 0 Å². The molecule has 9 heteroatoms. The van der Waals surface area contributed by atoms with Crippen molar-refractivity contribution in [2.45, 2.75) is 156 Å². The van der Waals surface area contributed by atoms with Gasteiger partial charge in [-0.05, 0) is 37.0 Å². The van der Waals surface area contributed by atoms with E-state index in [4.69, 9.17) is 28.4 Å². The highest BCUT2D eigenvalue weighted by Crippen LogP contribution is 2.27. The van der Waals surface area contributed by atoms with E-state index in [2.05, 4.69) is 41.5 Å². The topological polar surface area (TPSA) is 107 Å². The summed E-state index contributed by atoms with van der Waals surface area (Å²) in [5.41, 5.74) is 0. The van der Waals surface area contributed by atoms with Gasteiger partial charge in [-0.3, -0.25) is 0 Å². The fourth-order valence-electron chi connectivity index (χ4n) is 4.93. The molecular formula is C33H60O9. The first-order valence-electron chi connectivity index (χ1n) is 16.5. The number of unbranched alkanes of at least 4 members (excludes halogenated alkanes) is 6. The van der Waals surface area contributed by atoms with Gasteiger partial charge in [0.25, 0.3) is 0 Å². The van der Waals surface area contributed by atoms with Crippen LogP contribution in [0.15, 0.2) is 0 Å². The summed E-state index contributed by atoms with van der Waals surface area (Å²) in [6.45, 7) is 14.0. The summed E-state index contributed by atoms with van der Waals surface area (Å²) < 4.78 is 32.3. The first-order valence-corrected chi connectivity index (χ1v) is 16.5. The first-order chi connectivity index (χ1) is 20.0. The van der Waals surface area contributed by atoms with Crippen LogP contribution >= 0.6 is 0 Å². The second kappa shape index (κ2) is 23.3. The van der Waals surface area contributed by atoms with E-state index in [1.807, 2.05) is 0 Å². The monoisotopic (exact) mass is 600 g/mol. The standard InChI is InChI=1S/C33H60O9/c1-25(2)16-10-7-13-19-37-31(34)40-28-22-29(41-32(35)38-20-14-8-11-17-26(3)4)24-30(23-28)42-33(36)39-21-15-9-12-18-27(5)6/h25-30H,7-24H2,1-6H3. The van der Waals surface area contributed by atoms with Crippen LogP contribution in [0.4, 0.5) is 14.4 Å². The van der Waals surface area contributed by atoms with Crippen molar-refractivity contribution in [3.8, 4) is 0 Å². The number of ether oxygens (including phenoxy) is 6. The summed E-state index contributed by atoms with van der Waals surface area (Å²) in [7, 11) is 0. The molecule has 246 valence electrons. The molecule has 0 N–H and O–H groups in total. The van der Waals surface area contributed by atoms with Gasteiger partial charge in [-0.25, -0.2) is 14.4 Å². The maximum Gasteiger partial charge on any atom is 0.508 e. The van der Waals surface area contributed by atoms with Crippen molar-refractivity contribution >= 4 is 18.5 Å². The van der Waals surface area contributed by atoms with Gasteiger partial charge < -0.3 is 28.4 Å². The molecular weight excluding hydrogens is 540 g/mol. The molecule has 1 rings (SSSR count). The van der Waals surface area contributed by atoms with Gasteiger partial charge in [0.1, 0.15) is 18.3 Å². The largest absolute Gasteiger partial charge is 0.508 e. The summed E-state index contributed by atoms with van der Waals surface area (Å²) >= 11 is 0. The molecule has 0 amide bonds. The Kier molecular flexibility index (Phi) is 21.0. The molecule has 0 saturated heterocycles. The average Bonchev–Trinajstić information content (AvgIpc) is 2.89. The van der Waals surface area contributed by atoms with Gasteiger partial charge in [-0.15, -0.1) is 0 Å². The lowest BCUT2D eigenvalue weighted by Crippen LogP contribution is -2.40. The Morgan fingerprint density at radius 3 is 0.952 bits per heavy atom. The van der Waals surface area contributed by atoms with Crippen LogP contribution in [0, 0.1) is 17.8 Å². The number of hydrogen-bond donors (Lipinski definition) is 0. The molecule has 0 aromatic heterocycles. The summed E-state index contributed by atoms with van der Waals surface area (Å²) in [5, 5.41) is 0. The fraction of sp³-hybridized carbons (Fsp3) is 0.909. The third-order valence-corrected chi connectivity index (χ3v) is 7.30. The maximum absolute atomic E-state index is 12.3. The van der Waals surface area contributed by atoms with E-state index < -0.39 is 36.8 Å². The molecule has 0 heterocycles. The molecule has 0 bridgehead atoms. The minimum Gasteiger partial charge on any atom is -0.434 e. The third-order valence-electron chi connectivity index (χ3n) is 7.30. The smallest absolute Gasteiger partial charge is 0.434 e. The Hall–Kier alpha value is -2.19. The summed E-state index contributed by atoms with van der Waals surface area (Å²) in [5.74, 6) is 1.98. The number of rotatable bonds is 21. The molecule has 1 saturated carbocycles. The number of carbonyl (C=O) groups is 3. The average molecular weight is 601 g/mol. The third kappa shape index (κ3) is 21.5. The summed E-state index contributed by atoms with van der Waals surface area (Å²) in [6, 6.07) is 0. The highest BCUT2D eigenvalue weighted by atomic mass is 16.7. The van der Waals surface area contributed by atoms with E-state index in [1.165, 1.54) is 0 Å². The molecule has 0 unspecified atom stereocenters. The second-order valence-electron chi connectivity index (χ2n) is 13.0. The van der Waals surface area contributed by atoms with Crippen LogP contribution in [0.1, 0.15) is 138 Å². The van der Waals surface area contributed by atoms with E-state index in [-0.39, 0.29) is 39.1 Å². The van der Waals surface area contributed by atoms with Gasteiger partial charge in [0.15, 0.2) is 0 Å². The van der Waals surface area contributed by atoms with Crippen molar-refractivity contribution in [1.29, 1.82) is 0 Å². The minimum atomic E-state index is -0.767. The normalized spacial score (nSPS) is 18.6. The summed E-state index contributed by atoms with van der Waals surface area (Å²) in [4.78, 5) is 37.0. The van der Waals surface area contributed by atoms with Crippen molar-refractivity contribution in [1.82, 2.24) is 0 Å². The van der Waals surface area contributed by atoms with Crippen LogP contribution in [-0.2, 0) is 28.4 Å². The quantitative estimate of drug-likeness (QED) is 0.0723. The molecule has 0 atom stereocenters. The van der Waals surface area contributed by atoms with Gasteiger partial charge >= 0.3 is 18.5 Å². The van der Waals surface area contributed by atoms with Crippen LogP contribution in [0.2, 0.25) is 0 Å². The van der Waals surface area contributed by atoms with E-state index in [0.717, 1.165) is 77.0 Å². The number of hydrogen-bond acceptors (Lipinski definition) is 9. The van der Waals surface area contributed by atoms with Crippen LogP contribution in [0.5, 0.6) is 0 Å². The predicted molar refractivity (Wildman–Crippen MR) is 162 cm³/mol. The number of carbonyl (C=O) groups excluding carboxylic acids is 3. The van der Waals surface area contributed by atoms with E-state index >= 15 is 0 Å².